The molecule has 0 aromatic heterocycles. The molecule has 1 aromatic rings. The minimum absolute atomic E-state index is 0. The third-order valence-corrected chi connectivity index (χ3v) is 5.61. The number of amides is 1. The summed E-state index contributed by atoms with van der Waals surface area (Å²) in [6.07, 6.45) is 0.578. The number of nitrogens with two attached hydrogens (primary N) is 1. The van der Waals surface area contributed by atoms with E-state index in [1.807, 2.05) is 45.9 Å². The molecule has 1 saturated carbocycles. The van der Waals surface area contributed by atoms with E-state index in [1.165, 1.54) is 0 Å². The molecule has 0 aliphatic heterocycles. The van der Waals surface area contributed by atoms with Gasteiger partial charge in [-0.25, -0.2) is 0 Å². The smallest absolute Gasteiger partial charge is 0.245 e. The van der Waals surface area contributed by atoms with Crippen molar-refractivity contribution in [3.8, 4) is 0 Å². The normalized spacial score (nSPS) is 25.8. The second kappa shape index (κ2) is 6.87. The molecule has 6 heteroatoms. The maximum atomic E-state index is 12.6. The molecule has 1 fully saturated rings. The zero-order valence-electron chi connectivity index (χ0n) is 13.4. The van der Waals surface area contributed by atoms with Crippen LogP contribution in [0.2, 0.25) is 0 Å². The fourth-order valence-electron chi connectivity index (χ4n) is 2.80. The number of benzene rings is 1. The summed E-state index contributed by atoms with van der Waals surface area (Å²) in [5.41, 5.74) is 6.87. The number of ether oxygens (including phenoxy) is 1. The zero-order chi connectivity index (χ0) is 15.8. The maximum Gasteiger partial charge on any atom is 0.245 e. The van der Waals surface area contributed by atoms with Gasteiger partial charge in [-0.15, -0.1) is 12.4 Å². The first-order valence-corrected chi connectivity index (χ1v) is 8.00. The predicted molar refractivity (Wildman–Crippen MR) is 95.5 cm³/mol. The highest BCUT2D eigenvalue weighted by atomic mass is 79.9. The van der Waals surface area contributed by atoms with Gasteiger partial charge in [0.2, 0.25) is 5.91 Å². The number of nitrogens with one attached hydrogen (secondary N) is 1. The minimum atomic E-state index is -0.901. The molecule has 0 radical (unpaired) electrons. The Labute approximate surface area is 146 Å². The summed E-state index contributed by atoms with van der Waals surface area (Å²) in [7, 11) is 0. The van der Waals surface area contributed by atoms with E-state index in [0.29, 0.717) is 13.0 Å². The Hall–Kier alpha value is -0.620. The fourth-order valence-corrected chi connectivity index (χ4v) is 3.16. The molecule has 0 heterocycles. The summed E-state index contributed by atoms with van der Waals surface area (Å²) in [5, 5.41) is 2.96. The van der Waals surface area contributed by atoms with Crippen molar-refractivity contribution in [3.63, 3.8) is 0 Å². The number of carbonyl (C=O) groups excluding carboxylic acids is 1. The Morgan fingerprint density at radius 1 is 1.50 bits per heavy atom. The molecule has 2 atom stereocenters. The van der Waals surface area contributed by atoms with Crippen LogP contribution >= 0.6 is 28.3 Å². The number of hydrogen-bond acceptors (Lipinski definition) is 3. The molecule has 1 aromatic carbocycles. The van der Waals surface area contributed by atoms with E-state index in [4.69, 9.17) is 10.5 Å². The molecule has 3 N–H and O–H groups in total. The summed E-state index contributed by atoms with van der Waals surface area (Å²) in [6.45, 7) is 8.53. The fraction of sp³-hybridized carbons (Fsp3) is 0.562. The second-order valence-electron chi connectivity index (χ2n) is 6.21. The average molecular weight is 392 g/mol. The van der Waals surface area contributed by atoms with E-state index < -0.39 is 5.54 Å². The van der Waals surface area contributed by atoms with Gasteiger partial charge in [0.05, 0.1) is 6.10 Å². The van der Waals surface area contributed by atoms with Gasteiger partial charge in [-0.1, -0.05) is 35.8 Å². The molecule has 4 nitrogen and oxygen atoms in total. The van der Waals surface area contributed by atoms with E-state index in [-0.39, 0.29) is 29.8 Å². The Morgan fingerprint density at radius 3 is 2.68 bits per heavy atom. The lowest BCUT2D eigenvalue weighted by molar-refractivity contribution is -0.166. The number of carbonyl (C=O) groups is 1. The molecule has 2 rings (SSSR count). The van der Waals surface area contributed by atoms with Crippen molar-refractivity contribution in [2.45, 2.75) is 45.8 Å². The van der Waals surface area contributed by atoms with Crippen LogP contribution in [0.5, 0.6) is 0 Å². The lowest BCUT2D eigenvalue weighted by Gasteiger charge is -2.57. The van der Waals surface area contributed by atoms with Crippen molar-refractivity contribution in [1.29, 1.82) is 0 Å². The first kappa shape index (κ1) is 19.4. The van der Waals surface area contributed by atoms with Crippen LogP contribution in [0.15, 0.2) is 22.7 Å². The summed E-state index contributed by atoms with van der Waals surface area (Å²) in [6, 6.07) is 5.72. The van der Waals surface area contributed by atoms with Crippen LogP contribution < -0.4 is 11.1 Å². The van der Waals surface area contributed by atoms with Crippen LogP contribution in [0.3, 0.4) is 0 Å². The molecule has 2 unspecified atom stereocenters. The topological polar surface area (TPSA) is 64.3 Å². The van der Waals surface area contributed by atoms with Crippen molar-refractivity contribution in [2.24, 2.45) is 11.1 Å². The number of halogens is 2. The van der Waals surface area contributed by atoms with Gasteiger partial charge >= 0.3 is 0 Å². The van der Waals surface area contributed by atoms with Gasteiger partial charge in [0, 0.05) is 28.6 Å². The standard InChI is InChI=1S/C16H23BrN2O2.ClH/c1-5-21-13-9-16(18,15(13,3)4)14(20)19-12-8-6-7-11(17)10(12)2;/h6-8,13H,5,9,18H2,1-4H3,(H,19,20);1H. The van der Waals surface area contributed by atoms with Crippen molar-refractivity contribution in [1.82, 2.24) is 0 Å². The molecule has 124 valence electrons. The molecule has 0 saturated heterocycles. The van der Waals surface area contributed by atoms with Gasteiger partial charge in [0.15, 0.2) is 0 Å². The first-order valence-electron chi connectivity index (χ1n) is 7.21. The van der Waals surface area contributed by atoms with E-state index in [1.54, 1.807) is 0 Å². The van der Waals surface area contributed by atoms with Crippen molar-refractivity contribution < 1.29 is 9.53 Å². The van der Waals surface area contributed by atoms with Gasteiger partial charge in [-0.2, -0.15) is 0 Å². The zero-order valence-corrected chi connectivity index (χ0v) is 15.8. The number of hydrogen-bond donors (Lipinski definition) is 2. The predicted octanol–water partition coefficient (Wildman–Crippen LogP) is 3.65. The van der Waals surface area contributed by atoms with E-state index in [0.717, 1.165) is 15.7 Å². The number of rotatable bonds is 4. The molecule has 1 amide bonds. The van der Waals surface area contributed by atoms with Crippen LogP contribution in [0.1, 0.15) is 32.8 Å². The summed E-state index contributed by atoms with van der Waals surface area (Å²) in [4.78, 5) is 12.6. The lowest BCUT2D eigenvalue weighted by Crippen LogP contribution is -2.74. The molecule has 1 aliphatic rings. The SMILES string of the molecule is CCOC1CC(N)(C(=O)Nc2cccc(Br)c2C)C1(C)C.Cl. The minimum Gasteiger partial charge on any atom is -0.378 e. The molecular weight excluding hydrogens is 368 g/mol. The van der Waals surface area contributed by atoms with E-state index >= 15 is 0 Å². The highest BCUT2D eigenvalue weighted by Crippen LogP contribution is 2.50. The van der Waals surface area contributed by atoms with Crippen molar-refractivity contribution in [3.05, 3.63) is 28.2 Å². The Bertz CT molecular complexity index is 565. The van der Waals surface area contributed by atoms with Gasteiger partial charge in [-0.3, -0.25) is 4.79 Å². The largest absolute Gasteiger partial charge is 0.378 e. The number of anilines is 1. The van der Waals surface area contributed by atoms with Gasteiger partial charge in [0.1, 0.15) is 5.54 Å². The maximum absolute atomic E-state index is 12.6. The third kappa shape index (κ3) is 3.04. The second-order valence-corrected chi connectivity index (χ2v) is 7.06. The molecule has 0 spiro atoms. The van der Waals surface area contributed by atoms with Crippen molar-refractivity contribution >= 4 is 39.9 Å². The van der Waals surface area contributed by atoms with Gasteiger partial charge in [0.25, 0.3) is 0 Å². The van der Waals surface area contributed by atoms with E-state index in [9.17, 15) is 4.79 Å². The molecule has 1 aliphatic carbocycles. The monoisotopic (exact) mass is 390 g/mol. The van der Waals surface area contributed by atoms with Crippen LogP contribution in [-0.4, -0.2) is 24.2 Å². The van der Waals surface area contributed by atoms with Crippen LogP contribution in [0, 0.1) is 12.3 Å². The summed E-state index contributed by atoms with van der Waals surface area (Å²) in [5.74, 6) is -0.148. The van der Waals surface area contributed by atoms with Gasteiger partial charge < -0.3 is 15.8 Å². The Balaban J connectivity index is 0.00000242. The molecular formula is C16H24BrClN2O2. The van der Waals surface area contributed by atoms with Gasteiger partial charge in [-0.05, 0) is 31.5 Å². The highest BCUT2D eigenvalue weighted by Gasteiger charge is 2.62. The van der Waals surface area contributed by atoms with E-state index in [2.05, 4.69) is 21.2 Å². The van der Waals surface area contributed by atoms with Crippen LogP contribution in [0.25, 0.3) is 0 Å². The van der Waals surface area contributed by atoms with Crippen LogP contribution in [0.4, 0.5) is 5.69 Å². The molecule has 22 heavy (non-hydrogen) atoms. The summed E-state index contributed by atoms with van der Waals surface area (Å²) >= 11 is 3.47. The molecule has 0 bridgehead atoms. The first-order chi connectivity index (χ1) is 9.74. The highest BCUT2D eigenvalue weighted by molar-refractivity contribution is 9.10. The van der Waals surface area contributed by atoms with Crippen molar-refractivity contribution in [2.75, 3.05) is 11.9 Å². The third-order valence-electron chi connectivity index (χ3n) is 4.75. The quantitative estimate of drug-likeness (QED) is 0.823. The lowest BCUT2D eigenvalue weighted by atomic mass is 9.54. The van der Waals surface area contributed by atoms with Crippen LogP contribution in [-0.2, 0) is 9.53 Å². The average Bonchev–Trinajstić information content (AvgIpc) is 2.43. The summed E-state index contributed by atoms with van der Waals surface area (Å²) < 4.78 is 6.63. The Morgan fingerprint density at radius 2 is 2.14 bits per heavy atom. The Kier molecular flexibility index (Phi) is 6.07.